The molecule has 0 aromatic carbocycles. The minimum absolute atomic E-state index is 0.0847. The van der Waals surface area contributed by atoms with Crippen molar-refractivity contribution in [2.24, 2.45) is 7.05 Å². The number of rotatable bonds is 7. The first kappa shape index (κ1) is 31.7. The van der Waals surface area contributed by atoms with Crippen molar-refractivity contribution in [2.75, 3.05) is 48.0 Å². The third kappa shape index (κ3) is 5.61. The van der Waals surface area contributed by atoms with E-state index in [0.29, 0.717) is 53.1 Å². The van der Waals surface area contributed by atoms with Crippen molar-refractivity contribution in [1.29, 1.82) is 0 Å². The standard InChI is InChI=1S/C37H44N8O4/c1-23-18-45(28-21-49-22-28)24(2)17-44(23)27-7-8-34(39-16-27)40-32-14-25(19-41(3)37(32)48)29-9-11-38-35(31(29)20-46)43-13-10-33-30(36(43)47)15-26-6-4-5-12-42(26)33/h7-9,11,14-16,19,23-24,28,46H,4-6,10,12-13,17-18,20-22H2,1-3H3,(H,39,40)/t23-,24+/m0/s1. The maximum atomic E-state index is 13.8. The van der Waals surface area contributed by atoms with Crippen LogP contribution in [-0.2, 0) is 37.8 Å². The maximum absolute atomic E-state index is 13.8. The summed E-state index contributed by atoms with van der Waals surface area (Å²) in [6.07, 6.45) is 9.28. The van der Waals surface area contributed by atoms with Gasteiger partial charge in [-0.25, -0.2) is 9.97 Å². The summed E-state index contributed by atoms with van der Waals surface area (Å²) in [6.45, 7) is 9.18. The number of nitrogens with one attached hydrogen (secondary N) is 1. The van der Waals surface area contributed by atoms with E-state index in [1.807, 2.05) is 24.4 Å². The van der Waals surface area contributed by atoms with Gasteiger partial charge in [0.1, 0.15) is 17.3 Å². The molecule has 2 saturated heterocycles. The predicted octanol–water partition coefficient (Wildman–Crippen LogP) is 3.72. The average molecular weight is 665 g/mol. The van der Waals surface area contributed by atoms with Gasteiger partial charge in [-0.2, -0.15) is 0 Å². The molecular formula is C37H44N8O4. The van der Waals surface area contributed by atoms with E-state index in [1.54, 1.807) is 30.4 Å². The van der Waals surface area contributed by atoms with E-state index in [4.69, 9.17) is 9.72 Å². The van der Waals surface area contributed by atoms with Gasteiger partial charge in [-0.3, -0.25) is 19.4 Å². The molecule has 1 amide bonds. The molecule has 0 radical (unpaired) electrons. The number of anilines is 4. The first-order valence-electron chi connectivity index (χ1n) is 17.5. The highest BCUT2D eigenvalue weighted by molar-refractivity contribution is 6.08. The second kappa shape index (κ2) is 12.7. The Hall–Kier alpha value is -4.52. The molecule has 0 saturated carbocycles. The lowest BCUT2D eigenvalue weighted by Gasteiger charge is -2.50. The van der Waals surface area contributed by atoms with Crippen LogP contribution >= 0.6 is 0 Å². The number of aryl methyl sites for hydroxylation is 2. The van der Waals surface area contributed by atoms with Crippen LogP contribution in [0.1, 0.15) is 54.0 Å². The molecule has 0 aliphatic carbocycles. The molecule has 256 valence electrons. The zero-order valence-electron chi connectivity index (χ0n) is 28.4. The van der Waals surface area contributed by atoms with Crippen LogP contribution in [0.2, 0.25) is 0 Å². The molecule has 2 atom stereocenters. The fraction of sp³-hybridized carbons (Fsp3) is 0.459. The van der Waals surface area contributed by atoms with Crippen LogP contribution in [0.4, 0.5) is 23.0 Å². The molecule has 4 aromatic heterocycles. The van der Waals surface area contributed by atoms with E-state index < -0.39 is 0 Å². The SMILES string of the molecule is C[C@@H]1CN(c2ccc(Nc3cc(-c4ccnc(N5CCc6c(cc7n6CCCC7)C5=O)c4CO)cn(C)c3=O)nc2)[C@@H](C)CN1C1COC1. The molecule has 2 N–H and O–H groups in total. The number of aliphatic hydroxyl groups is 1. The highest BCUT2D eigenvalue weighted by atomic mass is 16.5. The van der Waals surface area contributed by atoms with Gasteiger partial charge in [0.2, 0.25) is 0 Å². The Morgan fingerprint density at radius 1 is 0.980 bits per heavy atom. The van der Waals surface area contributed by atoms with Crippen LogP contribution in [0.15, 0.2) is 53.7 Å². The molecular weight excluding hydrogens is 620 g/mol. The average Bonchev–Trinajstić information content (AvgIpc) is 3.47. The number of aromatic nitrogens is 4. The number of amides is 1. The van der Waals surface area contributed by atoms with E-state index in [2.05, 4.69) is 44.6 Å². The van der Waals surface area contributed by atoms with Gasteiger partial charge in [-0.05, 0) is 69.0 Å². The molecule has 0 unspecified atom stereocenters. The number of carbonyl (C=O) groups excluding carboxylic acids is 1. The Balaban J connectivity index is 1.04. The fourth-order valence-electron chi connectivity index (χ4n) is 8.12. The van der Waals surface area contributed by atoms with E-state index in [1.165, 1.54) is 10.3 Å². The van der Waals surface area contributed by atoms with Gasteiger partial charge in [0, 0.05) is 86.6 Å². The van der Waals surface area contributed by atoms with Crippen molar-refractivity contribution in [3.63, 3.8) is 0 Å². The van der Waals surface area contributed by atoms with Crippen molar-refractivity contribution < 1.29 is 14.6 Å². The van der Waals surface area contributed by atoms with Crippen LogP contribution < -0.4 is 20.7 Å². The summed E-state index contributed by atoms with van der Waals surface area (Å²) >= 11 is 0. The topological polar surface area (TPSA) is 121 Å². The number of nitrogens with zero attached hydrogens (tertiary/aromatic N) is 7. The Bertz CT molecular complexity index is 1950. The zero-order valence-corrected chi connectivity index (χ0v) is 28.4. The third-order valence-electron chi connectivity index (χ3n) is 10.8. The molecule has 8 rings (SSSR count). The summed E-state index contributed by atoms with van der Waals surface area (Å²) in [5.41, 5.74) is 6.25. The monoisotopic (exact) mass is 664 g/mol. The van der Waals surface area contributed by atoms with Crippen molar-refractivity contribution in [1.82, 2.24) is 24.0 Å². The van der Waals surface area contributed by atoms with Gasteiger partial charge in [0.25, 0.3) is 11.5 Å². The van der Waals surface area contributed by atoms with Crippen LogP contribution in [-0.4, -0.2) is 86.0 Å². The number of carbonyl (C=O) groups is 1. The quantitative estimate of drug-likeness (QED) is 0.305. The molecule has 2 fully saturated rings. The molecule has 8 heterocycles. The summed E-state index contributed by atoms with van der Waals surface area (Å²) in [6, 6.07) is 10.9. The van der Waals surface area contributed by atoms with Crippen LogP contribution in [0.5, 0.6) is 0 Å². The molecule has 49 heavy (non-hydrogen) atoms. The summed E-state index contributed by atoms with van der Waals surface area (Å²) in [5, 5.41) is 13.9. The molecule has 4 aromatic rings. The summed E-state index contributed by atoms with van der Waals surface area (Å²) in [5.74, 6) is 0.927. The lowest BCUT2D eigenvalue weighted by molar-refractivity contribution is -0.0828. The summed E-state index contributed by atoms with van der Waals surface area (Å²) in [4.78, 5) is 43.1. The van der Waals surface area contributed by atoms with E-state index in [0.717, 1.165) is 81.0 Å². The minimum Gasteiger partial charge on any atom is -0.392 e. The highest BCUT2D eigenvalue weighted by Gasteiger charge is 2.37. The molecule has 0 bridgehead atoms. The summed E-state index contributed by atoms with van der Waals surface area (Å²) in [7, 11) is 1.71. The second-order valence-electron chi connectivity index (χ2n) is 14.0. The summed E-state index contributed by atoms with van der Waals surface area (Å²) < 4.78 is 9.28. The van der Waals surface area contributed by atoms with Gasteiger partial charge in [0.05, 0.1) is 43.3 Å². The number of fused-ring (bicyclic) bond motifs is 3. The smallest absolute Gasteiger partial charge is 0.274 e. The molecule has 12 nitrogen and oxygen atoms in total. The first-order chi connectivity index (χ1) is 23.8. The number of aliphatic hydroxyl groups excluding tert-OH is 1. The Morgan fingerprint density at radius 3 is 2.59 bits per heavy atom. The molecule has 12 heteroatoms. The van der Waals surface area contributed by atoms with Crippen LogP contribution in [0.25, 0.3) is 11.1 Å². The van der Waals surface area contributed by atoms with Crippen molar-refractivity contribution in [2.45, 2.75) is 70.8 Å². The van der Waals surface area contributed by atoms with Gasteiger partial charge in [-0.1, -0.05) is 0 Å². The van der Waals surface area contributed by atoms with E-state index in [-0.39, 0.29) is 18.1 Å². The lowest BCUT2D eigenvalue weighted by atomic mass is 10.0. The van der Waals surface area contributed by atoms with E-state index >= 15 is 0 Å². The Morgan fingerprint density at radius 2 is 1.84 bits per heavy atom. The van der Waals surface area contributed by atoms with Gasteiger partial charge in [0.15, 0.2) is 0 Å². The number of ether oxygens (including phenoxy) is 1. The third-order valence-corrected chi connectivity index (χ3v) is 10.8. The number of pyridine rings is 3. The van der Waals surface area contributed by atoms with Crippen molar-refractivity contribution >= 4 is 28.9 Å². The Labute approximate surface area is 285 Å². The number of hydrogen-bond acceptors (Lipinski definition) is 9. The van der Waals surface area contributed by atoms with Crippen molar-refractivity contribution in [3.8, 4) is 11.1 Å². The molecule has 0 spiro atoms. The van der Waals surface area contributed by atoms with Gasteiger partial charge >= 0.3 is 0 Å². The normalized spacial score (nSPS) is 21.3. The largest absolute Gasteiger partial charge is 0.392 e. The van der Waals surface area contributed by atoms with Gasteiger partial charge in [-0.15, -0.1) is 0 Å². The minimum atomic E-state index is -0.310. The highest BCUT2D eigenvalue weighted by Crippen LogP contribution is 2.35. The van der Waals surface area contributed by atoms with Crippen LogP contribution in [0, 0.1) is 0 Å². The zero-order chi connectivity index (χ0) is 33.8. The molecule has 4 aliphatic rings. The molecule has 4 aliphatic heterocycles. The van der Waals surface area contributed by atoms with E-state index in [9.17, 15) is 14.7 Å². The number of hydrogen-bond donors (Lipinski definition) is 2. The van der Waals surface area contributed by atoms with Gasteiger partial charge < -0.3 is 29.2 Å². The second-order valence-corrected chi connectivity index (χ2v) is 14.0. The predicted molar refractivity (Wildman–Crippen MR) is 189 cm³/mol. The Kier molecular flexibility index (Phi) is 8.25. The maximum Gasteiger partial charge on any atom is 0.274 e. The number of piperazine rings is 1. The van der Waals surface area contributed by atoms with Crippen LogP contribution in [0.3, 0.4) is 0 Å². The van der Waals surface area contributed by atoms with Crippen molar-refractivity contribution in [3.05, 3.63) is 81.8 Å². The lowest BCUT2D eigenvalue weighted by Crippen LogP contribution is -2.63. The first-order valence-corrected chi connectivity index (χ1v) is 17.5. The fourth-order valence-corrected chi connectivity index (χ4v) is 8.12.